The van der Waals surface area contributed by atoms with Crippen LogP contribution < -0.4 is 14.9 Å². The van der Waals surface area contributed by atoms with E-state index in [9.17, 15) is 29.7 Å². The number of phenolic OH excluding ortho intramolecular Hbond substituents is 1. The van der Waals surface area contributed by atoms with Crippen molar-refractivity contribution in [1.29, 1.82) is 0 Å². The van der Waals surface area contributed by atoms with Crippen molar-refractivity contribution < 1.29 is 43.5 Å². The van der Waals surface area contributed by atoms with E-state index in [1.807, 2.05) is 40.7 Å². The number of methoxy groups -OCH3 is 1. The molecule has 3 heterocycles. The van der Waals surface area contributed by atoms with Crippen LogP contribution in [0.4, 0.5) is 0 Å². The fourth-order valence-electron chi connectivity index (χ4n) is 6.39. The molecule has 2 atom stereocenters. The van der Waals surface area contributed by atoms with E-state index in [1.165, 1.54) is 26.2 Å². The van der Waals surface area contributed by atoms with Gasteiger partial charge in [-0.2, -0.15) is 0 Å². The number of fused-ring (bicyclic) bond motifs is 6. The third kappa shape index (κ3) is 4.29. The zero-order valence-electron chi connectivity index (χ0n) is 26.4. The van der Waals surface area contributed by atoms with Gasteiger partial charge in [-0.25, -0.2) is 9.59 Å². The zero-order valence-corrected chi connectivity index (χ0v) is 26.4. The summed E-state index contributed by atoms with van der Waals surface area (Å²) in [5.41, 5.74) is -1.70. The Bertz CT molecular complexity index is 1880. The largest absolute Gasteiger partial charge is 0.507 e. The molecule has 2 aliphatic rings. The van der Waals surface area contributed by atoms with E-state index in [4.69, 9.17) is 18.6 Å². The van der Waals surface area contributed by atoms with Gasteiger partial charge in [-0.15, -0.1) is 0 Å². The van der Waals surface area contributed by atoms with Gasteiger partial charge >= 0.3 is 11.9 Å². The second-order valence-corrected chi connectivity index (χ2v) is 13.0. The summed E-state index contributed by atoms with van der Waals surface area (Å²) >= 11 is 0. The molecule has 0 fully saturated rings. The van der Waals surface area contributed by atoms with Crippen molar-refractivity contribution in [2.75, 3.05) is 7.11 Å². The van der Waals surface area contributed by atoms with Crippen LogP contribution in [0, 0.1) is 0 Å². The van der Waals surface area contributed by atoms with Crippen molar-refractivity contribution in [3.8, 4) is 17.2 Å². The van der Waals surface area contributed by atoms with Gasteiger partial charge in [-0.05, 0) is 54.0 Å². The third-order valence-corrected chi connectivity index (χ3v) is 9.10. The van der Waals surface area contributed by atoms with Crippen molar-refractivity contribution in [3.63, 3.8) is 0 Å². The second-order valence-electron chi connectivity index (χ2n) is 13.0. The Balaban J connectivity index is 1.97. The minimum atomic E-state index is -2.04. The van der Waals surface area contributed by atoms with Crippen LogP contribution in [-0.4, -0.2) is 40.5 Å². The molecular weight excluding hydrogens is 568 g/mol. The number of phenols is 1. The lowest BCUT2D eigenvalue weighted by atomic mass is 9.79. The summed E-state index contributed by atoms with van der Waals surface area (Å²) in [5, 5.41) is 31.7. The number of aromatic hydroxyl groups is 1. The van der Waals surface area contributed by atoms with E-state index in [-0.39, 0.29) is 57.1 Å². The summed E-state index contributed by atoms with van der Waals surface area (Å²) in [7, 11) is 1.35. The Morgan fingerprint density at radius 3 is 2.25 bits per heavy atom. The van der Waals surface area contributed by atoms with E-state index < -0.39 is 34.0 Å². The highest BCUT2D eigenvalue weighted by Gasteiger charge is 2.57. The van der Waals surface area contributed by atoms with Gasteiger partial charge in [0, 0.05) is 39.7 Å². The maximum absolute atomic E-state index is 14.4. The molecular formula is C34H38O10. The Hall–Kier alpha value is -4.31. The minimum Gasteiger partial charge on any atom is -0.507 e. The number of carbonyl (C=O) groups is 2. The number of allylic oxidation sites excluding steroid dienone is 2. The predicted octanol–water partition coefficient (Wildman–Crippen LogP) is 6.19. The molecule has 0 saturated heterocycles. The zero-order chi connectivity index (χ0) is 32.7. The molecule has 10 heteroatoms. The first-order valence-electron chi connectivity index (χ1n) is 14.4. The summed E-state index contributed by atoms with van der Waals surface area (Å²) in [6.07, 6.45) is 2.95. The quantitative estimate of drug-likeness (QED) is 0.161. The molecule has 0 amide bonds. The van der Waals surface area contributed by atoms with Gasteiger partial charge < -0.3 is 33.9 Å². The maximum Gasteiger partial charge on any atom is 0.341 e. The summed E-state index contributed by atoms with van der Waals surface area (Å²) in [5.74, 6) is -2.26. The molecule has 0 aliphatic carbocycles. The van der Waals surface area contributed by atoms with Crippen molar-refractivity contribution in [2.24, 2.45) is 0 Å². The van der Waals surface area contributed by atoms with E-state index in [0.29, 0.717) is 28.9 Å². The molecule has 3 aromatic rings. The number of benzene rings is 2. The van der Waals surface area contributed by atoms with Crippen LogP contribution in [-0.2, 0) is 37.4 Å². The fraction of sp³-hybridized carbons (Fsp3) is 0.441. The first-order chi connectivity index (χ1) is 20.4. The highest BCUT2D eigenvalue weighted by Crippen LogP contribution is 2.57. The minimum absolute atomic E-state index is 0.00224. The molecule has 10 nitrogen and oxygen atoms in total. The molecule has 0 radical (unpaired) electrons. The number of rotatable bonds is 7. The second kappa shape index (κ2) is 10.1. The maximum atomic E-state index is 14.4. The molecule has 3 N–H and O–H groups in total. The summed E-state index contributed by atoms with van der Waals surface area (Å²) < 4.78 is 24.9. The first-order valence-corrected chi connectivity index (χ1v) is 14.4. The number of hydrogen-bond acceptors (Lipinski definition) is 8. The smallest absolute Gasteiger partial charge is 0.341 e. The van der Waals surface area contributed by atoms with Crippen LogP contribution in [0.2, 0.25) is 0 Å². The monoisotopic (exact) mass is 606 g/mol. The van der Waals surface area contributed by atoms with Gasteiger partial charge in [0.15, 0.2) is 5.60 Å². The average molecular weight is 607 g/mol. The highest BCUT2D eigenvalue weighted by atomic mass is 16.6. The van der Waals surface area contributed by atoms with Crippen LogP contribution in [0.15, 0.2) is 38.6 Å². The molecule has 1 aromatic heterocycles. The molecule has 0 bridgehead atoms. The number of aliphatic carboxylic acids is 2. The normalized spacial score (nSPS) is 21.6. The Labute approximate surface area is 254 Å². The van der Waals surface area contributed by atoms with Crippen LogP contribution in [0.5, 0.6) is 17.2 Å². The van der Waals surface area contributed by atoms with Gasteiger partial charge in [0.1, 0.15) is 39.9 Å². The SMILES string of the molecule is COc1cc2c(=O)c3c(O)c(CC=C(C)C)c4c(c3oc2c2c1C(C/C=C(\C)C(=O)O)(C(=O)O)OC2(C)C)C(C)(C)C(C)O4. The lowest BCUT2D eigenvalue weighted by molar-refractivity contribution is -0.182. The van der Waals surface area contributed by atoms with Crippen LogP contribution >= 0.6 is 0 Å². The fourth-order valence-corrected chi connectivity index (χ4v) is 6.39. The molecule has 2 unspecified atom stereocenters. The van der Waals surface area contributed by atoms with Crippen LogP contribution in [0.1, 0.15) is 84.1 Å². The summed E-state index contributed by atoms with van der Waals surface area (Å²) in [6, 6.07) is 1.41. The van der Waals surface area contributed by atoms with E-state index >= 15 is 0 Å². The summed E-state index contributed by atoms with van der Waals surface area (Å²) in [6.45, 7) is 14.5. The number of carboxylic acid groups (broad SMARTS) is 2. The standard InChI is InChI=1S/C34H38O10/c1-15(2)10-11-18-25(35)21-26(36)19-14-20(41-9)22-23(28(19)43-29(21)24-27(18)42-17(4)32(24,5)6)33(7,8)44-34(22,31(39)40)13-12-16(3)30(37)38/h10,12,14,17,35H,11,13H2,1-9H3,(H,37,38)(H,39,40)/b16-12+. The van der Waals surface area contributed by atoms with E-state index in [2.05, 4.69) is 0 Å². The molecule has 44 heavy (non-hydrogen) atoms. The third-order valence-electron chi connectivity index (χ3n) is 9.10. The lowest BCUT2D eigenvalue weighted by Crippen LogP contribution is -2.37. The number of carboxylic acids is 2. The highest BCUT2D eigenvalue weighted by molar-refractivity contribution is 6.01. The predicted molar refractivity (Wildman–Crippen MR) is 164 cm³/mol. The number of ether oxygens (including phenoxy) is 3. The van der Waals surface area contributed by atoms with Crippen LogP contribution in [0.3, 0.4) is 0 Å². The van der Waals surface area contributed by atoms with Crippen molar-refractivity contribution in [3.05, 3.63) is 61.8 Å². The van der Waals surface area contributed by atoms with Crippen molar-refractivity contribution in [2.45, 2.75) is 91.0 Å². The summed E-state index contributed by atoms with van der Waals surface area (Å²) in [4.78, 5) is 38.9. The molecule has 0 spiro atoms. The number of hydrogen-bond donors (Lipinski definition) is 3. The van der Waals surface area contributed by atoms with Gasteiger partial charge in [0.05, 0.1) is 18.1 Å². The van der Waals surface area contributed by atoms with Gasteiger partial charge in [0.2, 0.25) is 5.43 Å². The van der Waals surface area contributed by atoms with Gasteiger partial charge in [0.25, 0.3) is 0 Å². The molecule has 2 aromatic carbocycles. The topological polar surface area (TPSA) is 153 Å². The molecule has 5 rings (SSSR count). The van der Waals surface area contributed by atoms with Gasteiger partial charge in [-0.1, -0.05) is 31.6 Å². The molecule has 234 valence electrons. The average Bonchev–Trinajstić information content (AvgIpc) is 3.32. The van der Waals surface area contributed by atoms with E-state index in [0.717, 1.165) is 5.57 Å². The van der Waals surface area contributed by atoms with Crippen molar-refractivity contribution in [1.82, 2.24) is 0 Å². The Morgan fingerprint density at radius 2 is 1.68 bits per heavy atom. The van der Waals surface area contributed by atoms with Crippen LogP contribution in [0.25, 0.3) is 21.9 Å². The Morgan fingerprint density at radius 1 is 1.02 bits per heavy atom. The lowest BCUT2D eigenvalue weighted by Gasteiger charge is -2.28. The van der Waals surface area contributed by atoms with Gasteiger partial charge in [-0.3, -0.25) is 4.79 Å². The van der Waals surface area contributed by atoms with Crippen molar-refractivity contribution >= 4 is 33.9 Å². The first kappa shape index (κ1) is 31.1. The Kier molecular flexibility index (Phi) is 7.16. The molecule has 2 aliphatic heterocycles. The molecule has 0 saturated carbocycles. The van der Waals surface area contributed by atoms with E-state index in [1.54, 1.807) is 13.8 Å².